The van der Waals surface area contributed by atoms with Crippen LogP contribution in [0, 0.1) is 0 Å². The third-order valence-corrected chi connectivity index (χ3v) is 4.17. The number of rotatable bonds is 5. The van der Waals surface area contributed by atoms with Crippen molar-refractivity contribution in [1.29, 1.82) is 0 Å². The fourth-order valence-electron chi connectivity index (χ4n) is 2.77. The zero-order chi connectivity index (χ0) is 19.2. The maximum Gasteiger partial charge on any atom is 0.273 e. The van der Waals surface area contributed by atoms with E-state index >= 15 is 0 Å². The molecule has 2 aromatic carbocycles. The Bertz CT molecular complexity index is 1100. The molecule has 136 valence electrons. The summed E-state index contributed by atoms with van der Waals surface area (Å²) in [4.78, 5) is 16.8. The first-order valence-corrected chi connectivity index (χ1v) is 8.89. The van der Waals surface area contributed by atoms with E-state index in [1.807, 2.05) is 84.9 Å². The highest BCUT2D eigenvalue weighted by atomic mass is 16.1. The summed E-state index contributed by atoms with van der Waals surface area (Å²) < 4.78 is 0. The highest BCUT2D eigenvalue weighted by molar-refractivity contribution is 6.03. The van der Waals surface area contributed by atoms with E-state index in [1.54, 1.807) is 12.3 Å². The summed E-state index contributed by atoms with van der Waals surface area (Å²) in [6.07, 6.45) is 5.65. The van der Waals surface area contributed by atoms with E-state index in [4.69, 9.17) is 0 Å². The van der Waals surface area contributed by atoms with Crippen LogP contribution in [0.5, 0.6) is 0 Å². The van der Waals surface area contributed by atoms with Gasteiger partial charge < -0.3 is 5.32 Å². The smallest absolute Gasteiger partial charge is 0.273 e. The Hall–Kier alpha value is -3.99. The lowest BCUT2D eigenvalue weighted by Gasteiger charge is -2.04. The van der Waals surface area contributed by atoms with Gasteiger partial charge in [0.2, 0.25) is 0 Å². The molecule has 0 saturated carbocycles. The molecule has 4 aromatic rings. The van der Waals surface area contributed by atoms with Gasteiger partial charge in [0.05, 0.1) is 11.4 Å². The number of H-pyrrole nitrogens is 1. The molecular weight excluding hydrogens is 348 g/mol. The SMILES string of the molecule is O=C(Nc1cccc(C=Cc2ccccn2)c1)c1cc(-c2ccccc2)n[nH]1. The Morgan fingerprint density at radius 1 is 0.893 bits per heavy atom. The monoisotopic (exact) mass is 366 g/mol. The minimum Gasteiger partial charge on any atom is -0.321 e. The molecule has 0 radical (unpaired) electrons. The number of anilines is 1. The van der Waals surface area contributed by atoms with Crippen molar-refractivity contribution in [2.24, 2.45) is 0 Å². The third-order valence-electron chi connectivity index (χ3n) is 4.17. The Balaban J connectivity index is 1.46. The van der Waals surface area contributed by atoms with E-state index in [-0.39, 0.29) is 5.91 Å². The lowest BCUT2D eigenvalue weighted by Crippen LogP contribution is -2.12. The van der Waals surface area contributed by atoms with E-state index in [9.17, 15) is 4.79 Å². The normalized spacial score (nSPS) is 10.9. The van der Waals surface area contributed by atoms with Gasteiger partial charge in [-0.15, -0.1) is 0 Å². The van der Waals surface area contributed by atoms with Crippen LogP contribution in [0.1, 0.15) is 21.7 Å². The molecule has 0 saturated heterocycles. The first-order valence-electron chi connectivity index (χ1n) is 8.89. The van der Waals surface area contributed by atoms with Crippen molar-refractivity contribution >= 4 is 23.7 Å². The molecule has 0 unspecified atom stereocenters. The Kier molecular flexibility index (Phi) is 5.06. The van der Waals surface area contributed by atoms with Gasteiger partial charge in [-0.25, -0.2) is 0 Å². The maximum absolute atomic E-state index is 12.5. The maximum atomic E-state index is 12.5. The van der Waals surface area contributed by atoms with Crippen molar-refractivity contribution in [3.63, 3.8) is 0 Å². The van der Waals surface area contributed by atoms with Crippen molar-refractivity contribution in [3.8, 4) is 11.3 Å². The second kappa shape index (κ2) is 8.14. The molecule has 0 bridgehead atoms. The summed E-state index contributed by atoms with van der Waals surface area (Å²) in [6.45, 7) is 0. The molecule has 2 aromatic heterocycles. The van der Waals surface area contributed by atoms with Gasteiger partial charge in [0.25, 0.3) is 5.91 Å². The molecule has 0 spiro atoms. The van der Waals surface area contributed by atoms with E-state index < -0.39 is 0 Å². The highest BCUT2D eigenvalue weighted by Gasteiger charge is 2.11. The van der Waals surface area contributed by atoms with Crippen LogP contribution < -0.4 is 5.32 Å². The minimum absolute atomic E-state index is 0.236. The van der Waals surface area contributed by atoms with Gasteiger partial charge in [-0.2, -0.15) is 5.10 Å². The predicted octanol–water partition coefficient (Wildman–Crippen LogP) is 4.89. The number of nitrogens with one attached hydrogen (secondary N) is 2. The van der Waals surface area contributed by atoms with Crippen LogP contribution in [0.15, 0.2) is 85.1 Å². The van der Waals surface area contributed by atoms with Crippen LogP contribution in [-0.2, 0) is 0 Å². The number of carbonyl (C=O) groups is 1. The number of hydrogen-bond acceptors (Lipinski definition) is 3. The number of hydrogen-bond donors (Lipinski definition) is 2. The number of amides is 1. The van der Waals surface area contributed by atoms with Crippen molar-refractivity contribution in [2.75, 3.05) is 5.32 Å². The van der Waals surface area contributed by atoms with Gasteiger partial charge in [0.1, 0.15) is 5.69 Å². The fourth-order valence-corrected chi connectivity index (χ4v) is 2.77. The van der Waals surface area contributed by atoms with Gasteiger partial charge in [0, 0.05) is 17.4 Å². The van der Waals surface area contributed by atoms with Crippen LogP contribution in [0.2, 0.25) is 0 Å². The summed E-state index contributed by atoms with van der Waals surface area (Å²) in [5.74, 6) is -0.236. The molecule has 5 nitrogen and oxygen atoms in total. The molecule has 2 heterocycles. The van der Waals surface area contributed by atoms with E-state index in [0.29, 0.717) is 11.4 Å². The molecule has 0 aliphatic rings. The lowest BCUT2D eigenvalue weighted by molar-refractivity contribution is 0.102. The topological polar surface area (TPSA) is 70.7 Å². The standard InChI is InChI=1S/C23H18N4O/c28-23(22-16-21(26-27-22)18-8-2-1-3-9-18)25-20-11-6-7-17(15-20)12-13-19-10-4-5-14-24-19/h1-16H,(H,25,28)(H,26,27). The van der Waals surface area contributed by atoms with Crippen LogP contribution >= 0.6 is 0 Å². The highest BCUT2D eigenvalue weighted by Crippen LogP contribution is 2.18. The molecule has 0 aliphatic heterocycles. The van der Waals surface area contributed by atoms with Crippen molar-refractivity contribution in [2.45, 2.75) is 0 Å². The van der Waals surface area contributed by atoms with Crippen molar-refractivity contribution < 1.29 is 4.79 Å². The average molecular weight is 366 g/mol. The van der Waals surface area contributed by atoms with Crippen molar-refractivity contribution in [1.82, 2.24) is 15.2 Å². The largest absolute Gasteiger partial charge is 0.321 e. The fraction of sp³-hybridized carbons (Fsp3) is 0. The predicted molar refractivity (Wildman–Crippen MR) is 112 cm³/mol. The summed E-state index contributed by atoms with van der Waals surface area (Å²) in [7, 11) is 0. The first-order chi connectivity index (χ1) is 13.8. The number of carbonyl (C=O) groups excluding carboxylic acids is 1. The molecule has 0 atom stereocenters. The molecule has 0 fully saturated rings. The van der Waals surface area contributed by atoms with Gasteiger partial charge in [-0.3, -0.25) is 14.9 Å². The summed E-state index contributed by atoms with van der Waals surface area (Å²) >= 11 is 0. The summed E-state index contributed by atoms with van der Waals surface area (Å²) in [5.41, 5.74) is 4.66. The van der Waals surface area contributed by atoms with Crippen LogP contribution in [0.4, 0.5) is 5.69 Å². The first kappa shape index (κ1) is 17.4. The van der Waals surface area contributed by atoms with Gasteiger partial charge in [-0.1, -0.05) is 54.6 Å². The van der Waals surface area contributed by atoms with Crippen LogP contribution in [0.3, 0.4) is 0 Å². The van der Waals surface area contributed by atoms with E-state index in [0.717, 1.165) is 22.5 Å². The molecule has 2 N–H and O–H groups in total. The Morgan fingerprint density at radius 3 is 2.57 bits per heavy atom. The molecule has 0 aliphatic carbocycles. The number of aromatic amines is 1. The third kappa shape index (κ3) is 4.22. The van der Waals surface area contributed by atoms with Gasteiger partial charge >= 0.3 is 0 Å². The quantitative estimate of drug-likeness (QED) is 0.528. The van der Waals surface area contributed by atoms with Crippen LogP contribution in [0.25, 0.3) is 23.4 Å². The van der Waals surface area contributed by atoms with Gasteiger partial charge in [-0.05, 0) is 42.0 Å². The Labute approximate surface area is 162 Å². The summed E-state index contributed by atoms with van der Waals surface area (Å²) in [6, 6.07) is 24.9. The van der Waals surface area contributed by atoms with E-state index in [2.05, 4.69) is 20.5 Å². The molecule has 5 heteroatoms. The number of aromatic nitrogens is 3. The second-order valence-electron chi connectivity index (χ2n) is 6.20. The zero-order valence-electron chi connectivity index (χ0n) is 15.0. The number of benzene rings is 2. The van der Waals surface area contributed by atoms with Crippen molar-refractivity contribution in [3.05, 3.63) is 102 Å². The summed E-state index contributed by atoms with van der Waals surface area (Å²) in [5, 5.41) is 9.93. The zero-order valence-corrected chi connectivity index (χ0v) is 15.0. The number of nitrogens with zero attached hydrogens (tertiary/aromatic N) is 2. The number of pyridine rings is 1. The minimum atomic E-state index is -0.236. The van der Waals surface area contributed by atoms with Gasteiger partial charge in [0.15, 0.2) is 0 Å². The average Bonchev–Trinajstić information content (AvgIpc) is 3.25. The molecule has 4 rings (SSSR count). The molecular formula is C23H18N4O. The van der Waals surface area contributed by atoms with E-state index in [1.165, 1.54) is 0 Å². The molecule has 28 heavy (non-hydrogen) atoms. The Morgan fingerprint density at radius 2 is 1.75 bits per heavy atom. The molecule has 1 amide bonds. The lowest BCUT2D eigenvalue weighted by atomic mass is 10.1. The van der Waals surface area contributed by atoms with Crippen LogP contribution in [-0.4, -0.2) is 21.1 Å². The second-order valence-corrected chi connectivity index (χ2v) is 6.20.